The molecule has 1 aromatic rings. The second kappa shape index (κ2) is 7.33. The van der Waals surface area contributed by atoms with Crippen molar-refractivity contribution < 1.29 is 19.1 Å². The molecule has 1 fully saturated rings. The highest BCUT2D eigenvalue weighted by Gasteiger charge is 2.50. The van der Waals surface area contributed by atoms with Crippen molar-refractivity contribution in [2.45, 2.75) is 70.4 Å². The number of aliphatic carboxylic acids is 1. The third kappa shape index (κ3) is 4.30. The molecule has 6 heteroatoms. The van der Waals surface area contributed by atoms with Crippen LogP contribution in [-0.2, 0) is 15.8 Å². The molecule has 0 saturated carbocycles. The monoisotopic (exact) mass is 379 g/mol. The summed E-state index contributed by atoms with van der Waals surface area (Å²) in [6.07, 6.45) is 0.473. The van der Waals surface area contributed by atoms with Gasteiger partial charge in [0, 0.05) is 19.5 Å². The van der Waals surface area contributed by atoms with E-state index in [1.807, 2.05) is 36.1 Å². The molecule has 0 amide bonds. The Labute approximate surface area is 158 Å². The normalized spacial score (nSPS) is 24.7. The van der Waals surface area contributed by atoms with E-state index in [-0.39, 0.29) is 11.1 Å². The third-order valence-electron chi connectivity index (χ3n) is 6.01. The number of rotatable bonds is 6. The first-order valence-electron chi connectivity index (χ1n) is 9.18. The molecule has 1 heterocycles. The molecule has 1 aliphatic rings. The summed E-state index contributed by atoms with van der Waals surface area (Å²) in [5.41, 5.74) is 0.165. The van der Waals surface area contributed by atoms with Crippen LogP contribution in [0.2, 0.25) is 18.1 Å². The van der Waals surface area contributed by atoms with Crippen molar-refractivity contribution in [1.29, 1.82) is 0 Å². The van der Waals surface area contributed by atoms with E-state index in [4.69, 9.17) is 9.16 Å². The minimum atomic E-state index is -1.94. The SMILES string of the molecule is COc1ccc(CN2CC(O[Si](C)(C)C(C)(C)C)C[C@]2(C)C(=O)O)cc1. The van der Waals surface area contributed by atoms with Crippen LogP contribution < -0.4 is 4.74 Å². The number of ether oxygens (including phenoxy) is 1. The van der Waals surface area contributed by atoms with Crippen LogP contribution in [0.1, 0.15) is 39.7 Å². The molecule has 1 aliphatic heterocycles. The fourth-order valence-corrected chi connectivity index (χ4v) is 4.51. The Kier molecular flexibility index (Phi) is 5.90. The molecule has 2 rings (SSSR count). The lowest BCUT2D eigenvalue weighted by Gasteiger charge is -2.38. The quantitative estimate of drug-likeness (QED) is 0.753. The fourth-order valence-electron chi connectivity index (χ4n) is 3.17. The molecule has 0 aliphatic carbocycles. The number of carboxylic acids is 1. The van der Waals surface area contributed by atoms with Crippen molar-refractivity contribution in [1.82, 2.24) is 4.90 Å². The van der Waals surface area contributed by atoms with Gasteiger partial charge >= 0.3 is 5.97 Å². The zero-order valence-corrected chi connectivity index (χ0v) is 18.1. The minimum absolute atomic E-state index is 0.0461. The van der Waals surface area contributed by atoms with E-state index in [0.717, 1.165) is 11.3 Å². The number of carboxylic acid groups (broad SMARTS) is 1. The van der Waals surface area contributed by atoms with E-state index in [1.54, 1.807) is 7.11 Å². The van der Waals surface area contributed by atoms with Gasteiger partial charge in [-0.2, -0.15) is 0 Å². The topological polar surface area (TPSA) is 59.0 Å². The Morgan fingerprint density at radius 3 is 2.35 bits per heavy atom. The van der Waals surface area contributed by atoms with E-state index in [9.17, 15) is 9.90 Å². The maximum Gasteiger partial charge on any atom is 0.323 e. The van der Waals surface area contributed by atoms with Gasteiger partial charge < -0.3 is 14.3 Å². The molecular formula is C20H33NO4Si. The van der Waals surface area contributed by atoms with Crippen molar-refractivity contribution in [3.63, 3.8) is 0 Å². The molecule has 2 atom stereocenters. The van der Waals surface area contributed by atoms with Crippen molar-refractivity contribution >= 4 is 14.3 Å². The Hall–Kier alpha value is -1.37. The summed E-state index contributed by atoms with van der Waals surface area (Å²) in [6, 6.07) is 7.80. The van der Waals surface area contributed by atoms with Gasteiger partial charge in [0.2, 0.25) is 0 Å². The summed E-state index contributed by atoms with van der Waals surface area (Å²) in [6.45, 7) is 14.1. The van der Waals surface area contributed by atoms with Crippen LogP contribution in [0.3, 0.4) is 0 Å². The molecule has 0 bridgehead atoms. The Balaban J connectivity index is 2.17. The number of methoxy groups -OCH3 is 1. The summed E-state index contributed by atoms with van der Waals surface area (Å²) in [5, 5.41) is 9.98. The smallest absolute Gasteiger partial charge is 0.323 e. The van der Waals surface area contributed by atoms with Gasteiger partial charge in [-0.1, -0.05) is 32.9 Å². The van der Waals surface area contributed by atoms with Crippen molar-refractivity contribution in [3.05, 3.63) is 29.8 Å². The first-order valence-corrected chi connectivity index (χ1v) is 12.1. The van der Waals surface area contributed by atoms with Crippen molar-refractivity contribution in [3.8, 4) is 5.75 Å². The van der Waals surface area contributed by atoms with Gasteiger partial charge in [-0.05, 0) is 42.8 Å². The molecule has 1 saturated heterocycles. The summed E-state index contributed by atoms with van der Waals surface area (Å²) in [7, 11) is -0.299. The highest BCUT2D eigenvalue weighted by atomic mass is 28.4. The average molecular weight is 380 g/mol. The van der Waals surface area contributed by atoms with Crippen molar-refractivity contribution in [2.24, 2.45) is 0 Å². The molecule has 1 aromatic carbocycles. The second-order valence-electron chi connectivity index (χ2n) is 9.01. The number of benzene rings is 1. The highest BCUT2D eigenvalue weighted by Crippen LogP contribution is 2.41. The van der Waals surface area contributed by atoms with E-state index < -0.39 is 19.8 Å². The van der Waals surface area contributed by atoms with E-state index in [1.165, 1.54) is 0 Å². The summed E-state index contributed by atoms with van der Waals surface area (Å²) in [4.78, 5) is 14.1. The second-order valence-corrected chi connectivity index (χ2v) is 13.8. The zero-order valence-electron chi connectivity index (χ0n) is 17.1. The van der Waals surface area contributed by atoms with Crippen molar-refractivity contribution in [2.75, 3.05) is 13.7 Å². The van der Waals surface area contributed by atoms with Crippen LogP contribution in [0.5, 0.6) is 5.75 Å². The van der Waals surface area contributed by atoms with Gasteiger partial charge in [0.15, 0.2) is 8.32 Å². The standard InChI is InChI=1S/C20H33NO4Si/c1-19(2,3)26(6,7)25-17-12-20(4,18(22)23)21(14-17)13-15-8-10-16(24-5)11-9-15/h8-11,17H,12-14H2,1-7H3,(H,22,23)/t17?,20-/m1/s1. The minimum Gasteiger partial charge on any atom is -0.497 e. The van der Waals surface area contributed by atoms with E-state index in [2.05, 4.69) is 33.9 Å². The van der Waals surface area contributed by atoms with Crippen LogP contribution in [0, 0.1) is 0 Å². The molecule has 0 aromatic heterocycles. The molecule has 1 unspecified atom stereocenters. The van der Waals surface area contributed by atoms with Crippen LogP contribution in [-0.4, -0.2) is 49.6 Å². The highest BCUT2D eigenvalue weighted by molar-refractivity contribution is 6.74. The summed E-state index contributed by atoms with van der Waals surface area (Å²) >= 11 is 0. The first-order chi connectivity index (χ1) is 11.9. The Bertz CT molecular complexity index is 638. The number of carbonyl (C=O) groups is 1. The van der Waals surface area contributed by atoms with Gasteiger partial charge in [0.05, 0.1) is 13.2 Å². The predicted molar refractivity (Wildman–Crippen MR) is 106 cm³/mol. The summed E-state index contributed by atoms with van der Waals surface area (Å²) < 4.78 is 11.7. The number of likely N-dealkylation sites (tertiary alicyclic amines) is 1. The van der Waals surface area contributed by atoms with E-state index >= 15 is 0 Å². The average Bonchev–Trinajstić information content (AvgIpc) is 2.83. The number of nitrogens with zero attached hydrogens (tertiary/aromatic N) is 1. The summed E-state index contributed by atoms with van der Waals surface area (Å²) in [5.74, 6) is 0.0163. The Morgan fingerprint density at radius 2 is 1.88 bits per heavy atom. The first kappa shape index (κ1) is 20.9. The van der Waals surface area contributed by atoms with Crippen LogP contribution in [0.15, 0.2) is 24.3 Å². The van der Waals surface area contributed by atoms with Crippen LogP contribution in [0.25, 0.3) is 0 Å². The van der Waals surface area contributed by atoms with Crippen LogP contribution >= 0.6 is 0 Å². The molecule has 0 radical (unpaired) electrons. The maximum atomic E-state index is 12.0. The third-order valence-corrected chi connectivity index (χ3v) is 10.5. The zero-order chi connectivity index (χ0) is 19.8. The lowest BCUT2D eigenvalue weighted by molar-refractivity contribution is -0.149. The largest absolute Gasteiger partial charge is 0.497 e. The molecule has 26 heavy (non-hydrogen) atoms. The lowest BCUT2D eigenvalue weighted by atomic mass is 9.98. The van der Waals surface area contributed by atoms with Gasteiger partial charge in [0.25, 0.3) is 0 Å². The Morgan fingerprint density at radius 1 is 1.31 bits per heavy atom. The maximum absolute atomic E-state index is 12.0. The fraction of sp³-hybridized carbons (Fsp3) is 0.650. The molecule has 5 nitrogen and oxygen atoms in total. The van der Waals surface area contributed by atoms with Crippen LogP contribution in [0.4, 0.5) is 0 Å². The molecule has 1 N–H and O–H groups in total. The molecule has 0 spiro atoms. The molecular weight excluding hydrogens is 346 g/mol. The van der Waals surface area contributed by atoms with Gasteiger partial charge in [-0.25, -0.2) is 0 Å². The lowest BCUT2D eigenvalue weighted by Crippen LogP contribution is -2.47. The van der Waals surface area contributed by atoms with Gasteiger partial charge in [0.1, 0.15) is 11.3 Å². The van der Waals surface area contributed by atoms with E-state index in [0.29, 0.717) is 19.5 Å². The predicted octanol–water partition coefficient (Wildman–Crippen LogP) is 4.13. The number of hydrogen-bond donors (Lipinski definition) is 1. The van der Waals surface area contributed by atoms with Gasteiger partial charge in [-0.3, -0.25) is 9.69 Å². The number of hydrogen-bond acceptors (Lipinski definition) is 4. The van der Waals surface area contributed by atoms with Gasteiger partial charge in [-0.15, -0.1) is 0 Å². The molecule has 146 valence electrons.